The Morgan fingerprint density at radius 1 is 1.71 bits per heavy atom. The van der Waals surface area contributed by atoms with Gasteiger partial charge in [-0.1, -0.05) is 18.2 Å². The zero-order valence-corrected chi connectivity index (χ0v) is 9.01. The molecule has 2 heteroatoms. The van der Waals surface area contributed by atoms with Crippen molar-refractivity contribution in [2.24, 2.45) is 5.92 Å². The highest BCUT2D eigenvalue weighted by molar-refractivity contribution is 5.66. The first kappa shape index (κ1) is 11.0. The van der Waals surface area contributed by atoms with E-state index in [1.807, 2.05) is 0 Å². The molecule has 0 unspecified atom stereocenters. The Morgan fingerprint density at radius 2 is 2.43 bits per heavy atom. The molecule has 0 spiro atoms. The van der Waals surface area contributed by atoms with E-state index >= 15 is 0 Å². The fourth-order valence-corrected chi connectivity index (χ4v) is 1.65. The third kappa shape index (κ3) is 3.36. The van der Waals surface area contributed by atoms with Crippen molar-refractivity contribution < 1.29 is 9.53 Å². The predicted molar refractivity (Wildman–Crippen MR) is 56.9 cm³/mol. The van der Waals surface area contributed by atoms with Crippen molar-refractivity contribution in [3.8, 4) is 0 Å². The highest BCUT2D eigenvalue weighted by Crippen LogP contribution is 2.28. The normalized spacial score (nSPS) is 21.3. The Labute approximate surface area is 85.6 Å². The van der Waals surface area contributed by atoms with E-state index in [0.29, 0.717) is 12.5 Å². The summed E-state index contributed by atoms with van der Waals surface area (Å²) in [7, 11) is 0. The van der Waals surface area contributed by atoms with Crippen LogP contribution in [-0.4, -0.2) is 12.6 Å². The summed E-state index contributed by atoms with van der Waals surface area (Å²) >= 11 is 0. The van der Waals surface area contributed by atoms with Crippen LogP contribution in [0.3, 0.4) is 0 Å². The maximum Gasteiger partial charge on any atom is 0.302 e. The predicted octanol–water partition coefficient (Wildman–Crippen LogP) is 2.85. The Bertz CT molecular complexity index is 263. The second kappa shape index (κ2) is 4.99. The highest BCUT2D eigenvalue weighted by Gasteiger charge is 2.15. The molecular formula is C12H18O2. The van der Waals surface area contributed by atoms with E-state index < -0.39 is 0 Å². The summed E-state index contributed by atoms with van der Waals surface area (Å²) in [5, 5.41) is 0. The van der Waals surface area contributed by atoms with Gasteiger partial charge in [-0.2, -0.15) is 0 Å². The molecule has 0 saturated carbocycles. The van der Waals surface area contributed by atoms with Crippen LogP contribution in [0.2, 0.25) is 0 Å². The first-order chi connectivity index (χ1) is 6.59. The van der Waals surface area contributed by atoms with Gasteiger partial charge in [-0.25, -0.2) is 0 Å². The van der Waals surface area contributed by atoms with Crippen molar-refractivity contribution >= 4 is 5.97 Å². The second-order valence-corrected chi connectivity index (χ2v) is 3.96. The minimum absolute atomic E-state index is 0.228. The van der Waals surface area contributed by atoms with Gasteiger partial charge in [0.2, 0.25) is 0 Å². The molecule has 0 aromatic carbocycles. The first-order valence-electron chi connectivity index (χ1n) is 5.06. The van der Waals surface area contributed by atoms with Crippen LogP contribution in [-0.2, 0) is 9.53 Å². The Balaban J connectivity index is 2.35. The standard InChI is InChI=1S/C12H18O2/c1-9-4-6-12(7-5-9)10(2)8-14-11(3)13/h4,12H,2,5-8H2,1,3H3/t12-/m1/s1. The summed E-state index contributed by atoms with van der Waals surface area (Å²) < 4.78 is 4.92. The third-order valence-electron chi connectivity index (χ3n) is 2.68. The lowest BCUT2D eigenvalue weighted by Gasteiger charge is -2.22. The maximum atomic E-state index is 10.6. The minimum Gasteiger partial charge on any atom is -0.461 e. The van der Waals surface area contributed by atoms with Gasteiger partial charge in [-0.15, -0.1) is 0 Å². The molecule has 78 valence electrons. The van der Waals surface area contributed by atoms with Crippen molar-refractivity contribution in [1.29, 1.82) is 0 Å². The molecule has 0 radical (unpaired) electrons. The van der Waals surface area contributed by atoms with Crippen LogP contribution in [0.5, 0.6) is 0 Å². The van der Waals surface area contributed by atoms with Crippen LogP contribution in [0.4, 0.5) is 0 Å². The first-order valence-corrected chi connectivity index (χ1v) is 5.06. The van der Waals surface area contributed by atoms with Crippen molar-refractivity contribution in [3.63, 3.8) is 0 Å². The SMILES string of the molecule is C=C(COC(C)=O)[C@@H]1CC=C(C)CC1. The lowest BCUT2D eigenvalue weighted by Crippen LogP contribution is -2.13. The zero-order valence-electron chi connectivity index (χ0n) is 9.01. The van der Waals surface area contributed by atoms with Crippen LogP contribution < -0.4 is 0 Å². The van der Waals surface area contributed by atoms with E-state index in [1.54, 1.807) is 0 Å². The second-order valence-electron chi connectivity index (χ2n) is 3.96. The van der Waals surface area contributed by atoms with Crippen molar-refractivity contribution in [2.75, 3.05) is 6.61 Å². The topological polar surface area (TPSA) is 26.3 Å². The van der Waals surface area contributed by atoms with Crippen LogP contribution >= 0.6 is 0 Å². The summed E-state index contributed by atoms with van der Waals surface area (Å²) in [6.07, 6.45) is 5.59. The molecule has 1 rings (SSSR count). The molecule has 14 heavy (non-hydrogen) atoms. The Morgan fingerprint density at radius 3 is 2.93 bits per heavy atom. The number of allylic oxidation sites excluding steroid dienone is 2. The largest absolute Gasteiger partial charge is 0.461 e. The monoisotopic (exact) mass is 194 g/mol. The quantitative estimate of drug-likeness (QED) is 0.510. The third-order valence-corrected chi connectivity index (χ3v) is 2.68. The number of esters is 1. The average Bonchev–Trinajstić information content (AvgIpc) is 2.15. The van der Waals surface area contributed by atoms with E-state index in [-0.39, 0.29) is 5.97 Å². The summed E-state index contributed by atoms with van der Waals surface area (Å²) in [6, 6.07) is 0. The lowest BCUT2D eigenvalue weighted by atomic mass is 9.86. The van der Waals surface area contributed by atoms with Gasteiger partial charge in [0, 0.05) is 6.92 Å². The minimum atomic E-state index is -0.228. The number of carbonyl (C=O) groups excluding carboxylic acids is 1. The molecule has 0 aromatic heterocycles. The summed E-state index contributed by atoms with van der Waals surface area (Å²) in [5.41, 5.74) is 2.51. The van der Waals surface area contributed by atoms with Gasteiger partial charge < -0.3 is 4.74 Å². The smallest absolute Gasteiger partial charge is 0.302 e. The van der Waals surface area contributed by atoms with E-state index in [2.05, 4.69) is 19.6 Å². The van der Waals surface area contributed by atoms with Gasteiger partial charge in [0.15, 0.2) is 0 Å². The fraction of sp³-hybridized carbons (Fsp3) is 0.583. The average molecular weight is 194 g/mol. The van der Waals surface area contributed by atoms with Crippen molar-refractivity contribution in [2.45, 2.75) is 33.1 Å². The van der Waals surface area contributed by atoms with Gasteiger partial charge in [0.05, 0.1) is 0 Å². The number of hydrogen-bond donors (Lipinski definition) is 0. The molecule has 1 aliphatic carbocycles. The molecule has 0 saturated heterocycles. The van der Waals surface area contributed by atoms with E-state index in [0.717, 1.165) is 24.8 Å². The van der Waals surface area contributed by atoms with Gasteiger partial charge in [-0.05, 0) is 37.7 Å². The highest BCUT2D eigenvalue weighted by atomic mass is 16.5. The molecule has 0 N–H and O–H groups in total. The molecular weight excluding hydrogens is 176 g/mol. The molecule has 0 bridgehead atoms. The van der Waals surface area contributed by atoms with Gasteiger partial charge >= 0.3 is 5.97 Å². The van der Waals surface area contributed by atoms with E-state index in [1.165, 1.54) is 12.5 Å². The number of rotatable bonds is 3. The molecule has 0 aromatic rings. The molecule has 2 nitrogen and oxygen atoms in total. The van der Waals surface area contributed by atoms with Crippen LogP contribution in [0.1, 0.15) is 33.1 Å². The van der Waals surface area contributed by atoms with Crippen LogP contribution in [0, 0.1) is 5.92 Å². The van der Waals surface area contributed by atoms with Crippen molar-refractivity contribution in [1.82, 2.24) is 0 Å². The van der Waals surface area contributed by atoms with Gasteiger partial charge in [-0.3, -0.25) is 4.79 Å². The molecule has 0 amide bonds. The summed E-state index contributed by atoms with van der Waals surface area (Å²) in [4.78, 5) is 10.6. The van der Waals surface area contributed by atoms with Crippen LogP contribution in [0.15, 0.2) is 23.8 Å². The van der Waals surface area contributed by atoms with Crippen molar-refractivity contribution in [3.05, 3.63) is 23.8 Å². The summed E-state index contributed by atoms with van der Waals surface area (Å²) in [6.45, 7) is 7.94. The summed E-state index contributed by atoms with van der Waals surface area (Å²) in [5.74, 6) is 0.270. The zero-order chi connectivity index (χ0) is 10.6. The number of hydrogen-bond acceptors (Lipinski definition) is 2. The number of ether oxygens (including phenoxy) is 1. The Hall–Kier alpha value is -1.05. The van der Waals surface area contributed by atoms with Crippen LogP contribution in [0.25, 0.3) is 0 Å². The Kier molecular flexibility index (Phi) is 3.93. The fourth-order valence-electron chi connectivity index (χ4n) is 1.65. The number of carbonyl (C=O) groups is 1. The molecule has 1 atom stereocenters. The molecule has 0 fully saturated rings. The van der Waals surface area contributed by atoms with Gasteiger partial charge in [0.1, 0.15) is 6.61 Å². The maximum absolute atomic E-state index is 10.6. The molecule has 0 aliphatic heterocycles. The van der Waals surface area contributed by atoms with E-state index in [4.69, 9.17) is 4.74 Å². The van der Waals surface area contributed by atoms with Gasteiger partial charge in [0.25, 0.3) is 0 Å². The molecule has 0 heterocycles. The lowest BCUT2D eigenvalue weighted by molar-refractivity contribution is -0.140. The van der Waals surface area contributed by atoms with E-state index in [9.17, 15) is 4.79 Å². The molecule has 1 aliphatic rings.